The quantitative estimate of drug-likeness (QED) is 0.485. The fourth-order valence-electron chi connectivity index (χ4n) is 2.13. The van der Waals surface area contributed by atoms with Crippen molar-refractivity contribution < 1.29 is 13.2 Å². The summed E-state index contributed by atoms with van der Waals surface area (Å²) in [6.07, 6.45) is -4.20. The van der Waals surface area contributed by atoms with E-state index in [0.717, 1.165) is 33.4 Å². The van der Waals surface area contributed by atoms with Gasteiger partial charge in [-0.25, -0.2) is 4.98 Å². The molecule has 0 saturated heterocycles. The van der Waals surface area contributed by atoms with Crippen molar-refractivity contribution in [2.75, 3.05) is 5.75 Å². The summed E-state index contributed by atoms with van der Waals surface area (Å²) in [5, 5.41) is 3.08. The number of para-hydroxylation sites is 1. The summed E-state index contributed by atoms with van der Waals surface area (Å²) in [4.78, 5) is 4.37. The van der Waals surface area contributed by atoms with Gasteiger partial charge in [0, 0.05) is 10.8 Å². The number of thioether (sulfide) groups is 1. The molecule has 0 radical (unpaired) electrons. The van der Waals surface area contributed by atoms with Gasteiger partial charge >= 0.3 is 6.18 Å². The van der Waals surface area contributed by atoms with Gasteiger partial charge in [0.1, 0.15) is 5.03 Å². The van der Waals surface area contributed by atoms with Crippen molar-refractivity contribution in [2.45, 2.75) is 11.2 Å². The topological polar surface area (TPSA) is 12.9 Å². The van der Waals surface area contributed by atoms with Gasteiger partial charge in [-0.05, 0) is 11.5 Å². The standard InChI is InChI=1S/C15H10F3NS/c16-15(17,18)9-20-14-12-7-2-1-5-10(12)11-6-3-4-8-13(11)19-14/h1-8H,9H2. The number of nitrogens with zero attached hydrogens (tertiary/aromatic N) is 1. The van der Waals surface area contributed by atoms with Crippen molar-refractivity contribution in [1.29, 1.82) is 0 Å². The fraction of sp³-hybridized carbons (Fsp3) is 0.133. The summed E-state index contributed by atoms with van der Waals surface area (Å²) in [6, 6.07) is 14.9. The number of pyridine rings is 1. The maximum Gasteiger partial charge on any atom is 0.398 e. The summed E-state index contributed by atoms with van der Waals surface area (Å²) in [6.45, 7) is 0. The van der Waals surface area contributed by atoms with E-state index in [1.54, 1.807) is 0 Å². The predicted molar refractivity (Wildman–Crippen MR) is 76.0 cm³/mol. The van der Waals surface area contributed by atoms with E-state index in [1.165, 1.54) is 0 Å². The molecule has 0 atom stereocenters. The van der Waals surface area contributed by atoms with Crippen LogP contribution in [-0.2, 0) is 0 Å². The van der Waals surface area contributed by atoms with E-state index < -0.39 is 11.9 Å². The van der Waals surface area contributed by atoms with Crippen molar-refractivity contribution in [1.82, 2.24) is 4.98 Å². The van der Waals surface area contributed by atoms with Gasteiger partial charge < -0.3 is 0 Å². The van der Waals surface area contributed by atoms with Gasteiger partial charge in [-0.1, -0.05) is 54.2 Å². The number of hydrogen-bond acceptors (Lipinski definition) is 2. The summed E-state index contributed by atoms with van der Waals surface area (Å²) in [5.74, 6) is -0.928. The third kappa shape index (κ3) is 2.58. The smallest absolute Gasteiger partial charge is 0.241 e. The molecular weight excluding hydrogens is 283 g/mol. The molecule has 20 heavy (non-hydrogen) atoms. The SMILES string of the molecule is FC(F)(F)CSc1nc2ccccc2c2ccccc12. The van der Waals surface area contributed by atoms with Crippen molar-refractivity contribution in [3.8, 4) is 0 Å². The lowest BCUT2D eigenvalue weighted by molar-refractivity contribution is -0.105. The first kappa shape index (κ1) is 13.2. The fourth-order valence-corrected chi connectivity index (χ4v) is 2.93. The first-order chi connectivity index (χ1) is 9.54. The zero-order valence-electron chi connectivity index (χ0n) is 10.3. The molecule has 1 nitrogen and oxygen atoms in total. The molecule has 0 spiro atoms. The Labute approximate surface area is 117 Å². The van der Waals surface area contributed by atoms with Crippen molar-refractivity contribution in [2.24, 2.45) is 0 Å². The van der Waals surface area contributed by atoms with Crippen molar-refractivity contribution in [3.05, 3.63) is 48.5 Å². The van der Waals surface area contributed by atoms with Gasteiger partial charge in [-0.3, -0.25) is 0 Å². The number of halogens is 3. The second kappa shape index (κ2) is 4.98. The van der Waals surface area contributed by atoms with Crippen LogP contribution in [0.25, 0.3) is 21.7 Å². The van der Waals surface area contributed by atoms with Gasteiger partial charge in [0.15, 0.2) is 0 Å². The van der Waals surface area contributed by atoms with Gasteiger partial charge in [0.25, 0.3) is 0 Å². The molecule has 0 unspecified atom stereocenters. The second-order valence-corrected chi connectivity index (χ2v) is 5.35. The Morgan fingerprint density at radius 1 is 0.850 bits per heavy atom. The van der Waals surface area contributed by atoms with E-state index in [2.05, 4.69) is 4.98 Å². The average Bonchev–Trinajstić information content (AvgIpc) is 2.44. The Morgan fingerprint density at radius 2 is 1.45 bits per heavy atom. The normalized spacial score (nSPS) is 12.2. The largest absolute Gasteiger partial charge is 0.398 e. The van der Waals surface area contributed by atoms with Crippen LogP contribution >= 0.6 is 11.8 Å². The predicted octanol–water partition coefficient (Wildman–Crippen LogP) is 5.04. The lowest BCUT2D eigenvalue weighted by Gasteiger charge is -2.10. The minimum atomic E-state index is -4.20. The van der Waals surface area contributed by atoms with E-state index in [-0.39, 0.29) is 0 Å². The third-order valence-electron chi connectivity index (χ3n) is 2.95. The number of hydrogen-bond donors (Lipinski definition) is 0. The molecule has 0 fully saturated rings. The van der Waals surface area contributed by atoms with Crippen LogP contribution in [0.4, 0.5) is 13.2 Å². The van der Waals surface area contributed by atoms with Gasteiger partial charge in [-0.2, -0.15) is 13.2 Å². The molecule has 0 N–H and O–H groups in total. The molecule has 3 rings (SSSR count). The van der Waals surface area contributed by atoms with Crippen molar-refractivity contribution >= 4 is 33.4 Å². The molecular formula is C15H10F3NS. The highest BCUT2D eigenvalue weighted by atomic mass is 32.2. The van der Waals surface area contributed by atoms with Crippen LogP contribution in [0.2, 0.25) is 0 Å². The van der Waals surface area contributed by atoms with Crippen LogP contribution in [0.1, 0.15) is 0 Å². The Balaban J connectivity index is 2.19. The third-order valence-corrected chi connectivity index (χ3v) is 4.00. The molecule has 0 bridgehead atoms. The maximum atomic E-state index is 12.4. The summed E-state index contributed by atoms with van der Waals surface area (Å²) >= 11 is 0.736. The highest BCUT2D eigenvalue weighted by Crippen LogP contribution is 2.34. The first-order valence-electron chi connectivity index (χ1n) is 6.02. The first-order valence-corrected chi connectivity index (χ1v) is 7.00. The van der Waals surface area contributed by atoms with Crippen LogP contribution in [0.3, 0.4) is 0 Å². The zero-order valence-corrected chi connectivity index (χ0v) is 11.1. The number of rotatable bonds is 2. The number of alkyl halides is 3. The van der Waals surface area contributed by atoms with Crippen LogP contribution in [-0.4, -0.2) is 16.9 Å². The Hall–Kier alpha value is -1.75. The summed E-state index contributed by atoms with van der Waals surface area (Å²) < 4.78 is 37.2. The molecule has 0 aliphatic rings. The van der Waals surface area contributed by atoms with E-state index >= 15 is 0 Å². The Morgan fingerprint density at radius 3 is 2.15 bits per heavy atom. The molecule has 0 saturated carbocycles. The highest BCUT2D eigenvalue weighted by molar-refractivity contribution is 7.99. The van der Waals surface area contributed by atoms with Gasteiger partial charge in [-0.15, -0.1) is 0 Å². The molecule has 2 aromatic carbocycles. The molecule has 5 heteroatoms. The van der Waals surface area contributed by atoms with E-state index in [4.69, 9.17) is 0 Å². The molecule has 0 aliphatic heterocycles. The maximum absolute atomic E-state index is 12.4. The van der Waals surface area contributed by atoms with Gasteiger partial charge in [0.05, 0.1) is 11.3 Å². The monoisotopic (exact) mass is 293 g/mol. The van der Waals surface area contributed by atoms with E-state index in [1.807, 2.05) is 48.5 Å². The van der Waals surface area contributed by atoms with Crippen LogP contribution in [0, 0.1) is 0 Å². The number of aromatic nitrogens is 1. The highest BCUT2D eigenvalue weighted by Gasteiger charge is 2.28. The summed E-state index contributed by atoms with van der Waals surface area (Å²) in [7, 11) is 0. The van der Waals surface area contributed by atoms with E-state index in [9.17, 15) is 13.2 Å². The minimum absolute atomic E-state index is 0.427. The average molecular weight is 293 g/mol. The summed E-state index contributed by atoms with van der Waals surface area (Å²) in [5.41, 5.74) is 0.718. The van der Waals surface area contributed by atoms with Crippen LogP contribution in [0.15, 0.2) is 53.6 Å². The van der Waals surface area contributed by atoms with E-state index in [0.29, 0.717) is 5.03 Å². The zero-order chi connectivity index (χ0) is 14.2. The second-order valence-electron chi connectivity index (χ2n) is 4.38. The molecule has 1 heterocycles. The minimum Gasteiger partial charge on any atom is -0.241 e. The molecule has 102 valence electrons. The molecule has 0 aliphatic carbocycles. The lowest BCUT2D eigenvalue weighted by atomic mass is 10.1. The van der Waals surface area contributed by atoms with Crippen molar-refractivity contribution in [3.63, 3.8) is 0 Å². The number of fused-ring (bicyclic) bond motifs is 3. The Kier molecular flexibility index (Phi) is 3.30. The van der Waals surface area contributed by atoms with Crippen LogP contribution in [0.5, 0.6) is 0 Å². The lowest BCUT2D eigenvalue weighted by Crippen LogP contribution is -2.10. The molecule has 1 aromatic heterocycles. The number of benzene rings is 2. The molecule has 3 aromatic rings. The van der Waals surface area contributed by atoms with Crippen LogP contribution < -0.4 is 0 Å². The van der Waals surface area contributed by atoms with Gasteiger partial charge in [0.2, 0.25) is 0 Å². The molecule has 0 amide bonds. The Bertz CT molecular complexity index is 768.